The van der Waals surface area contributed by atoms with Gasteiger partial charge in [-0.3, -0.25) is 4.79 Å². The van der Waals surface area contributed by atoms with Gasteiger partial charge < -0.3 is 9.47 Å². The van der Waals surface area contributed by atoms with Crippen LogP contribution >= 0.6 is 24.4 Å². The lowest BCUT2D eigenvalue weighted by Gasteiger charge is -2.57. The van der Waals surface area contributed by atoms with E-state index in [0.29, 0.717) is 17.1 Å². The number of Topliss-reactive ketones (excluding diaryl/α,β-unsaturated/α-hetero) is 1. The summed E-state index contributed by atoms with van der Waals surface area (Å²) in [6.45, 7) is 6.87. The van der Waals surface area contributed by atoms with Crippen molar-refractivity contribution in [2.45, 2.75) is 95.5 Å². The van der Waals surface area contributed by atoms with Gasteiger partial charge in [-0.1, -0.05) is 20.3 Å². The highest BCUT2D eigenvalue weighted by molar-refractivity contribution is 8.09. The molecule has 0 bridgehead atoms. The number of methoxy groups -OCH3 is 1. The third-order valence-electron chi connectivity index (χ3n) is 10.2. The lowest BCUT2D eigenvalue weighted by molar-refractivity contribution is -0.152. The van der Waals surface area contributed by atoms with E-state index in [2.05, 4.69) is 32.7 Å². The van der Waals surface area contributed by atoms with E-state index >= 15 is 0 Å². The number of ketones is 1. The van der Waals surface area contributed by atoms with Gasteiger partial charge in [0.05, 0.1) is 12.2 Å². The molecule has 4 saturated carbocycles. The molecule has 0 spiro atoms. The Morgan fingerprint density at radius 3 is 2.47 bits per heavy atom. The molecule has 0 aromatic carbocycles. The molecule has 4 unspecified atom stereocenters. The second kappa shape index (κ2) is 8.91. The summed E-state index contributed by atoms with van der Waals surface area (Å²) in [7, 11) is 1.85. The van der Waals surface area contributed by atoms with Gasteiger partial charge >= 0.3 is 0 Å². The minimum atomic E-state index is -0.0878. The van der Waals surface area contributed by atoms with Gasteiger partial charge in [0.15, 0.2) is 0 Å². The average Bonchev–Trinajstić information content (AvgIpc) is 2.99. The minimum absolute atomic E-state index is 0.0878. The van der Waals surface area contributed by atoms with Crippen molar-refractivity contribution in [3.8, 4) is 0 Å². The molecule has 10 atom stereocenters. The quantitative estimate of drug-likeness (QED) is 0.396. The highest BCUT2D eigenvalue weighted by Gasteiger charge is 2.60. The van der Waals surface area contributed by atoms with Crippen LogP contribution in [0.1, 0.15) is 78.6 Å². The second-order valence-corrected chi connectivity index (χ2v) is 12.9. The van der Waals surface area contributed by atoms with E-state index in [9.17, 15) is 4.79 Å². The number of thioether (sulfide) groups is 1. The highest BCUT2D eigenvalue weighted by Crippen LogP contribution is 2.66. The Morgan fingerprint density at radius 2 is 1.80 bits per heavy atom. The first-order valence-electron chi connectivity index (χ1n) is 12.1. The van der Waals surface area contributed by atoms with Crippen LogP contribution in [0.15, 0.2) is 0 Å². The van der Waals surface area contributed by atoms with Crippen LogP contribution in [0.4, 0.5) is 0 Å². The zero-order valence-electron chi connectivity index (χ0n) is 19.6. The van der Waals surface area contributed by atoms with Gasteiger partial charge in [0, 0.05) is 13.0 Å². The Morgan fingerprint density at radius 1 is 1.07 bits per heavy atom. The molecule has 0 radical (unpaired) electrons. The predicted octanol–water partition coefficient (Wildman–Crippen LogP) is 6.21. The van der Waals surface area contributed by atoms with Crippen molar-refractivity contribution in [2.24, 2.45) is 40.4 Å². The number of hydrogen-bond acceptors (Lipinski definition) is 5. The maximum absolute atomic E-state index is 12.4. The van der Waals surface area contributed by atoms with Crippen molar-refractivity contribution < 1.29 is 14.3 Å². The Kier molecular flexibility index (Phi) is 6.96. The van der Waals surface area contributed by atoms with Gasteiger partial charge in [-0.05, 0) is 99.0 Å². The predicted molar refractivity (Wildman–Crippen MR) is 128 cm³/mol. The zero-order chi connectivity index (χ0) is 21.7. The third kappa shape index (κ3) is 3.82. The van der Waals surface area contributed by atoms with Gasteiger partial charge in [-0.15, -0.1) is 24.4 Å². The van der Waals surface area contributed by atoms with E-state index in [-0.39, 0.29) is 22.4 Å². The molecule has 0 aliphatic heterocycles. The number of fused-ring (bicyclic) bond motifs is 5. The van der Waals surface area contributed by atoms with Gasteiger partial charge in [0.1, 0.15) is 10.6 Å². The Bertz CT molecular complexity index is 642. The van der Waals surface area contributed by atoms with E-state index in [1.165, 1.54) is 38.5 Å². The molecule has 0 N–H and O–H groups in total. The molecule has 0 aromatic heterocycles. The Labute approximate surface area is 193 Å². The molecule has 4 rings (SSSR count). The number of ether oxygens (including phenoxy) is 2. The van der Waals surface area contributed by atoms with Crippen molar-refractivity contribution in [3.63, 3.8) is 0 Å². The third-order valence-corrected chi connectivity index (χ3v) is 11.4. The standard InChI is InChI=1S/C25H42O3S2/c1-15(26)18-9-10-19-17-8-6-7-16-13-21(27-4)22(28-23(29)30-5)14-25(16,3)20(17)11-12-24(18,19)2/h16-23,29H,6-14H2,1-5H3/t16?,17-,18-,19?,20?,21+,22+,23?,24-,25+/m1/s1. The van der Waals surface area contributed by atoms with Gasteiger partial charge in [-0.25, -0.2) is 0 Å². The van der Waals surface area contributed by atoms with Gasteiger partial charge in [0.2, 0.25) is 0 Å². The van der Waals surface area contributed by atoms with E-state index in [1.54, 1.807) is 11.8 Å². The fourth-order valence-electron chi connectivity index (χ4n) is 8.70. The molecule has 0 amide bonds. The lowest BCUT2D eigenvalue weighted by atomic mass is 9.49. The van der Waals surface area contributed by atoms with Crippen molar-refractivity contribution in [3.05, 3.63) is 0 Å². The van der Waals surface area contributed by atoms with Crippen molar-refractivity contribution in [2.75, 3.05) is 13.4 Å². The molecule has 4 aliphatic carbocycles. The lowest BCUT2D eigenvalue weighted by Crippen LogP contribution is -2.54. The first-order chi connectivity index (χ1) is 14.2. The number of carbonyl (C=O) groups excluding carboxylic acids is 1. The van der Waals surface area contributed by atoms with Crippen molar-refractivity contribution in [1.82, 2.24) is 0 Å². The molecular formula is C25H42O3S2. The summed E-state index contributed by atoms with van der Waals surface area (Å²) in [6, 6.07) is 0. The summed E-state index contributed by atoms with van der Waals surface area (Å²) in [5, 5.41) is 0. The molecule has 3 nitrogen and oxygen atoms in total. The van der Waals surface area contributed by atoms with Crippen LogP contribution in [0.5, 0.6) is 0 Å². The van der Waals surface area contributed by atoms with Gasteiger partial charge in [0.25, 0.3) is 0 Å². The van der Waals surface area contributed by atoms with Crippen LogP contribution in [-0.2, 0) is 14.3 Å². The monoisotopic (exact) mass is 454 g/mol. The molecule has 5 heteroatoms. The van der Waals surface area contributed by atoms with E-state index < -0.39 is 0 Å². The van der Waals surface area contributed by atoms with Crippen LogP contribution in [-0.4, -0.2) is 36.1 Å². The number of carbonyl (C=O) groups is 1. The molecule has 172 valence electrons. The molecule has 0 heterocycles. The summed E-state index contributed by atoms with van der Waals surface area (Å²) < 4.78 is 12.2. The molecule has 4 fully saturated rings. The van der Waals surface area contributed by atoms with E-state index in [1.807, 2.05) is 14.0 Å². The van der Waals surface area contributed by atoms with Gasteiger partial charge in [-0.2, -0.15) is 0 Å². The normalized spacial score (nSPS) is 49.5. The van der Waals surface area contributed by atoms with E-state index in [4.69, 9.17) is 9.47 Å². The smallest absolute Gasteiger partial charge is 0.147 e. The summed E-state index contributed by atoms with van der Waals surface area (Å²) in [4.78, 5) is 12.4. The molecule has 0 aromatic rings. The van der Waals surface area contributed by atoms with Crippen LogP contribution < -0.4 is 0 Å². The summed E-state index contributed by atoms with van der Waals surface area (Å²) >= 11 is 6.28. The second-order valence-electron chi connectivity index (χ2n) is 11.2. The number of hydrogen-bond donors (Lipinski definition) is 1. The van der Waals surface area contributed by atoms with Crippen molar-refractivity contribution in [1.29, 1.82) is 0 Å². The molecule has 4 aliphatic rings. The highest BCUT2D eigenvalue weighted by atomic mass is 32.2. The maximum atomic E-state index is 12.4. The zero-order valence-corrected chi connectivity index (χ0v) is 21.3. The maximum Gasteiger partial charge on any atom is 0.147 e. The average molecular weight is 455 g/mol. The van der Waals surface area contributed by atoms with Crippen LogP contribution in [0, 0.1) is 40.4 Å². The molecule has 0 saturated heterocycles. The van der Waals surface area contributed by atoms with Crippen molar-refractivity contribution >= 4 is 30.2 Å². The summed E-state index contributed by atoms with van der Waals surface area (Å²) in [5.74, 6) is 3.70. The van der Waals surface area contributed by atoms with Crippen LogP contribution in [0.3, 0.4) is 0 Å². The largest absolute Gasteiger partial charge is 0.379 e. The Hall–Kier alpha value is 0.290. The van der Waals surface area contributed by atoms with E-state index in [0.717, 1.165) is 42.9 Å². The van der Waals surface area contributed by atoms with Crippen LogP contribution in [0.25, 0.3) is 0 Å². The summed E-state index contributed by atoms with van der Waals surface area (Å²) in [5.41, 5.74) is 0.542. The minimum Gasteiger partial charge on any atom is -0.379 e. The topological polar surface area (TPSA) is 35.5 Å². The number of thiol groups is 1. The fraction of sp³-hybridized carbons (Fsp3) is 0.960. The SMILES string of the molecule is CO[C@H]1CC2CCC[C@H]3C(CC[C@@]4(C)C3CC[C@@H]4C(C)=O)[C@@]2(C)C[C@@H]1OC(S)SC. The Balaban J connectivity index is 1.61. The summed E-state index contributed by atoms with van der Waals surface area (Å²) in [6.07, 6.45) is 13.5. The number of rotatable bonds is 5. The first-order valence-corrected chi connectivity index (χ1v) is 13.9. The molecular weight excluding hydrogens is 412 g/mol. The first kappa shape index (κ1) is 23.4. The van der Waals surface area contributed by atoms with Crippen LogP contribution in [0.2, 0.25) is 0 Å². The fourth-order valence-corrected chi connectivity index (χ4v) is 9.11. The molecule has 30 heavy (non-hydrogen) atoms.